The molecule has 4 heterocycles. The summed E-state index contributed by atoms with van der Waals surface area (Å²) < 4.78 is 39.2. The molecule has 0 amide bonds. The molecule has 1 aliphatic heterocycles. The van der Waals surface area contributed by atoms with Crippen LogP contribution in [0.4, 0.5) is 19.1 Å². The number of nitrogens with two attached hydrogens (primary N) is 1. The predicted octanol–water partition coefficient (Wildman–Crippen LogP) is 2.31. The van der Waals surface area contributed by atoms with Gasteiger partial charge in [-0.3, -0.25) is 4.98 Å². The van der Waals surface area contributed by atoms with E-state index >= 15 is 0 Å². The summed E-state index contributed by atoms with van der Waals surface area (Å²) in [7, 11) is 0. The smallest absolute Gasteiger partial charge is 0.342 e. The largest absolute Gasteiger partial charge is 0.434 e. The van der Waals surface area contributed by atoms with E-state index in [-0.39, 0.29) is 4.90 Å². The lowest BCUT2D eigenvalue weighted by Gasteiger charge is -2.38. The fraction of sp³-hybridized carbons (Fsp3) is 0.333. The number of aromatic nitrogens is 5. The lowest BCUT2D eigenvalue weighted by atomic mass is 10.0. The number of fused-ring (bicyclic) bond motifs is 1. The van der Waals surface area contributed by atoms with Crippen LogP contribution < -0.4 is 10.6 Å². The fourth-order valence-corrected chi connectivity index (χ4v) is 3.54. The molecule has 3 aromatic heterocycles. The van der Waals surface area contributed by atoms with Gasteiger partial charge in [0, 0.05) is 30.1 Å². The minimum Gasteiger partial charge on any atom is -0.342 e. The van der Waals surface area contributed by atoms with Gasteiger partial charge in [-0.25, -0.2) is 9.97 Å². The highest BCUT2D eigenvalue weighted by Crippen LogP contribution is 2.37. The van der Waals surface area contributed by atoms with Gasteiger partial charge in [0.25, 0.3) is 0 Å². The Morgan fingerprint density at radius 1 is 1.27 bits per heavy atom. The Hall–Kier alpha value is -2.40. The summed E-state index contributed by atoms with van der Waals surface area (Å²) in [6, 6.07) is 2.81. The molecule has 0 unspecified atom stereocenters. The van der Waals surface area contributed by atoms with Crippen molar-refractivity contribution < 1.29 is 13.2 Å². The van der Waals surface area contributed by atoms with Crippen LogP contribution in [0.25, 0.3) is 11.3 Å². The third-order valence-electron chi connectivity index (χ3n) is 4.02. The number of pyridine rings is 1. The average molecular weight is 381 g/mol. The van der Waals surface area contributed by atoms with E-state index < -0.39 is 11.9 Å². The topological polar surface area (TPSA) is 96.6 Å². The van der Waals surface area contributed by atoms with Gasteiger partial charge in [-0.15, -0.1) is 0 Å². The van der Waals surface area contributed by atoms with Gasteiger partial charge in [-0.2, -0.15) is 18.2 Å². The molecule has 136 valence electrons. The van der Waals surface area contributed by atoms with Crippen molar-refractivity contribution >= 4 is 29.0 Å². The number of alkyl halides is 3. The van der Waals surface area contributed by atoms with Crippen molar-refractivity contribution in [3.63, 3.8) is 0 Å². The van der Waals surface area contributed by atoms with E-state index in [2.05, 4.69) is 24.9 Å². The Morgan fingerprint density at radius 2 is 2.08 bits per heavy atom. The number of nitrogens with zero attached hydrogens (tertiary/aromatic N) is 5. The van der Waals surface area contributed by atoms with Crippen molar-refractivity contribution in [1.82, 2.24) is 24.9 Å². The van der Waals surface area contributed by atoms with Crippen molar-refractivity contribution in [3.05, 3.63) is 30.2 Å². The van der Waals surface area contributed by atoms with Crippen LogP contribution in [0.5, 0.6) is 0 Å². The number of hydrogen-bond acceptors (Lipinski definition) is 7. The molecule has 0 atom stereocenters. The van der Waals surface area contributed by atoms with Crippen LogP contribution in [0.3, 0.4) is 0 Å². The molecular weight excluding hydrogens is 367 g/mol. The molecule has 0 bridgehead atoms. The molecule has 0 aromatic carbocycles. The highest BCUT2D eigenvalue weighted by Gasteiger charge is 2.35. The van der Waals surface area contributed by atoms with Gasteiger partial charge < -0.3 is 15.6 Å². The number of H-pyrrole nitrogens is 1. The Bertz CT molecular complexity index is 936. The molecule has 3 aromatic rings. The van der Waals surface area contributed by atoms with Crippen LogP contribution in [0.2, 0.25) is 0 Å². The zero-order valence-corrected chi connectivity index (χ0v) is 14.2. The third kappa shape index (κ3) is 3.19. The SMILES string of the molecule is NCC1CN(c2nc3ncc(Sc4cccnc4C(F)(F)F)nc3[nH]2)C1. The molecule has 0 radical (unpaired) electrons. The summed E-state index contributed by atoms with van der Waals surface area (Å²) in [4.78, 5) is 21.4. The Balaban J connectivity index is 1.59. The van der Waals surface area contributed by atoms with E-state index in [1.54, 1.807) is 0 Å². The maximum atomic E-state index is 13.1. The Morgan fingerprint density at radius 3 is 2.81 bits per heavy atom. The van der Waals surface area contributed by atoms with Crippen LogP contribution in [0, 0.1) is 5.92 Å². The third-order valence-corrected chi connectivity index (χ3v) is 4.97. The molecule has 0 aliphatic carbocycles. The van der Waals surface area contributed by atoms with Crippen molar-refractivity contribution in [3.8, 4) is 0 Å². The molecule has 26 heavy (non-hydrogen) atoms. The summed E-state index contributed by atoms with van der Waals surface area (Å²) >= 11 is 0.863. The molecule has 1 saturated heterocycles. The predicted molar refractivity (Wildman–Crippen MR) is 89.8 cm³/mol. The van der Waals surface area contributed by atoms with Crippen LogP contribution in [-0.4, -0.2) is 44.6 Å². The van der Waals surface area contributed by atoms with E-state index in [0.29, 0.717) is 34.7 Å². The van der Waals surface area contributed by atoms with Crippen LogP contribution in [0.1, 0.15) is 5.69 Å². The van der Waals surface area contributed by atoms with Gasteiger partial charge in [0.2, 0.25) is 5.95 Å². The van der Waals surface area contributed by atoms with Gasteiger partial charge >= 0.3 is 6.18 Å². The second-order valence-corrected chi connectivity index (χ2v) is 6.96. The first-order valence-corrected chi connectivity index (χ1v) is 8.63. The maximum absolute atomic E-state index is 13.1. The Labute approximate surface area is 150 Å². The molecule has 11 heteroatoms. The molecular formula is C15H14F3N7S. The summed E-state index contributed by atoms with van der Waals surface area (Å²) in [5.41, 5.74) is 5.52. The summed E-state index contributed by atoms with van der Waals surface area (Å²) in [6.07, 6.45) is -2.01. The number of rotatable bonds is 4. The number of imidazole rings is 1. The minimum atomic E-state index is -4.53. The van der Waals surface area contributed by atoms with Crippen LogP contribution in [-0.2, 0) is 6.18 Å². The first-order valence-electron chi connectivity index (χ1n) is 7.82. The highest BCUT2D eigenvalue weighted by molar-refractivity contribution is 7.99. The van der Waals surface area contributed by atoms with Crippen molar-refractivity contribution in [2.24, 2.45) is 11.7 Å². The monoisotopic (exact) mass is 381 g/mol. The quantitative estimate of drug-likeness (QED) is 0.716. The summed E-state index contributed by atoms with van der Waals surface area (Å²) in [5, 5.41) is 0.328. The van der Waals surface area contributed by atoms with Gasteiger partial charge in [-0.1, -0.05) is 11.8 Å². The van der Waals surface area contributed by atoms with E-state index in [9.17, 15) is 13.2 Å². The molecule has 3 N–H and O–H groups in total. The number of nitrogens with one attached hydrogen (secondary N) is 1. The lowest BCUT2D eigenvalue weighted by molar-refractivity contribution is -0.143. The number of hydrogen-bond donors (Lipinski definition) is 2. The molecule has 4 rings (SSSR count). The lowest BCUT2D eigenvalue weighted by Crippen LogP contribution is -2.50. The molecule has 1 aliphatic rings. The number of halogens is 3. The standard InChI is InChI=1S/C15H14F3N7S/c16-15(17,18)11-9(2-1-3-20-11)26-10-5-21-12-13(22-10)24-14(23-12)25-6-8(4-19)7-25/h1-3,5,8H,4,6-7,19H2,(H,21,22,23,24). The molecule has 0 spiro atoms. The minimum absolute atomic E-state index is 0.0260. The van der Waals surface area contributed by atoms with Gasteiger partial charge in [0.15, 0.2) is 17.0 Å². The number of anilines is 1. The first-order chi connectivity index (χ1) is 12.4. The Kier molecular flexibility index (Phi) is 4.19. The van der Waals surface area contributed by atoms with Crippen molar-refractivity contribution in [2.75, 3.05) is 24.5 Å². The van der Waals surface area contributed by atoms with E-state index in [1.807, 2.05) is 4.90 Å². The zero-order valence-electron chi connectivity index (χ0n) is 13.4. The molecule has 1 fully saturated rings. The first kappa shape index (κ1) is 17.0. The second kappa shape index (κ2) is 6.40. The van der Waals surface area contributed by atoms with E-state index in [4.69, 9.17) is 5.73 Å². The average Bonchev–Trinajstić information content (AvgIpc) is 2.96. The number of aromatic amines is 1. The van der Waals surface area contributed by atoms with Crippen molar-refractivity contribution in [1.29, 1.82) is 0 Å². The van der Waals surface area contributed by atoms with Crippen LogP contribution >= 0.6 is 11.8 Å². The molecule has 0 saturated carbocycles. The zero-order chi connectivity index (χ0) is 18.3. The fourth-order valence-electron chi connectivity index (χ4n) is 2.66. The van der Waals surface area contributed by atoms with Crippen molar-refractivity contribution in [2.45, 2.75) is 16.1 Å². The second-order valence-electron chi connectivity index (χ2n) is 5.90. The van der Waals surface area contributed by atoms with Crippen LogP contribution in [0.15, 0.2) is 34.4 Å². The van der Waals surface area contributed by atoms with E-state index in [1.165, 1.54) is 18.3 Å². The van der Waals surface area contributed by atoms with Gasteiger partial charge in [-0.05, 0) is 18.7 Å². The summed E-state index contributed by atoms with van der Waals surface area (Å²) in [5.74, 6) is 1.09. The van der Waals surface area contributed by atoms with E-state index in [0.717, 1.165) is 31.0 Å². The highest BCUT2D eigenvalue weighted by atomic mass is 32.2. The van der Waals surface area contributed by atoms with Gasteiger partial charge in [0.1, 0.15) is 5.03 Å². The molecule has 7 nitrogen and oxygen atoms in total. The normalized spacial score (nSPS) is 15.5. The van der Waals surface area contributed by atoms with Gasteiger partial charge in [0.05, 0.1) is 6.20 Å². The maximum Gasteiger partial charge on any atom is 0.434 e. The summed E-state index contributed by atoms with van der Waals surface area (Å²) in [6.45, 7) is 2.24.